The molecule has 0 aromatic heterocycles. The monoisotopic (exact) mass is 295 g/mol. The molecule has 1 aliphatic rings. The first kappa shape index (κ1) is 14.8. The number of hydrogen-bond donors (Lipinski definition) is 1. The Morgan fingerprint density at radius 3 is 2.65 bits per heavy atom. The lowest BCUT2D eigenvalue weighted by Crippen LogP contribution is -2.34. The van der Waals surface area contributed by atoms with E-state index in [0.717, 1.165) is 5.75 Å². The third-order valence-corrected chi connectivity index (χ3v) is 6.19. The zero-order valence-corrected chi connectivity index (χ0v) is 12.3. The molecule has 1 aromatic carbocycles. The van der Waals surface area contributed by atoms with Gasteiger partial charge in [0.25, 0.3) is 0 Å². The maximum Gasteiger partial charge on any atom is 0.318 e. The quantitative estimate of drug-likeness (QED) is 0.664. The summed E-state index contributed by atoms with van der Waals surface area (Å²) >= 11 is 0. The van der Waals surface area contributed by atoms with Crippen molar-refractivity contribution in [2.24, 2.45) is 0 Å². The third kappa shape index (κ3) is 3.11. The van der Waals surface area contributed by atoms with Crippen molar-refractivity contribution in [1.82, 2.24) is 4.67 Å². The van der Waals surface area contributed by atoms with Crippen LogP contribution in [0.1, 0.15) is 6.92 Å². The van der Waals surface area contributed by atoms with Gasteiger partial charge in [0.05, 0.1) is 6.61 Å². The summed E-state index contributed by atoms with van der Waals surface area (Å²) in [4.78, 5) is 10.9. The molecule has 0 radical (unpaired) electrons. The average Bonchev–Trinajstić information content (AvgIpc) is 2.42. The minimum absolute atomic E-state index is 0.213. The predicted octanol–water partition coefficient (Wildman–Crippen LogP) is 1.95. The molecule has 1 heterocycles. The van der Waals surface area contributed by atoms with Crippen LogP contribution in [0.5, 0.6) is 5.75 Å². The van der Waals surface area contributed by atoms with Gasteiger partial charge in [-0.2, -0.15) is 0 Å². The van der Waals surface area contributed by atoms with Crippen molar-refractivity contribution in [1.29, 1.82) is 0 Å². The maximum atomic E-state index is 13.1. The van der Waals surface area contributed by atoms with Crippen LogP contribution in [-0.4, -0.2) is 41.6 Å². The van der Waals surface area contributed by atoms with Crippen molar-refractivity contribution in [2.45, 2.75) is 6.92 Å². The SMILES string of the molecule is CCOc1ccc(P2(=O)CC=CCN2CC(=O)O)cc1. The highest BCUT2D eigenvalue weighted by Crippen LogP contribution is 2.50. The number of carbonyl (C=O) groups is 1. The van der Waals surface area contributed by atoms with Crippen molar-refractivity contribution in [3.05, 3.63) is 36.4 Å². The first-order chi connectivity index (χ1) is 9.56. The molecule has 0 saturated heterocycles. The van der Waals surface area contributed by atoms with Crippen LogP contribution in [0.25, 0.3) is 0 Å². The van der Waals surface area contributed by atoms with Crippen molar-refractivity contribution in [3.8, 4) is 5.75 Å². The fourth-order valence-electron chi connectivity index (χ4n) is 2.21. The number of rotatable bonds is 5. The summed E-state index contributed by atoms with van der Waals surface area (Å²) in [6.45, 7) is 2.66. The highest BCUT2D eigenvalue weighted by molar-refractivity contribution is 7.69. The molecule has 1 aromatic rings. The lowest BCUT2D eigenvalue weighted by Gasteiger charge is -2.32. The van der Waals surface area contributed by atoms with Gasteiger partial charge >= 0.3 is 5.97 Å². The van der Waals surface area contributed by atoms with E-state index in [-0.39, 0.29) is 6.54 Å². The molecule has 0 bridgehead atoms. The van der Waals surface area contributed by atoms with Crippen LogP contribution < -0.4 is 10.0 Å². The molecule has 0 amide bonds. The van der Waals surface area contributed by atoms with E-state index >= 15 is 0 Å². The lowest BCUT2D eigenvalue weighted by atomic mass is 10.3. The van der Waals surface area contributed by atoms with E-state index in [1.54, 1.807) is 28.9 Å². The summed E-state index contributed by atoms with van der Waals surface area (Å²) in [5.41, 5.74) is 0. The second kappa shape index (κ2) is 6.25. The fourth-order valence-corrected chi connectivity index (χ4v) is 4.73. The summed E-state index contributed by atoms with van der Waals surface area (Å²) in [6.07, 6.45) is 4.08. The predicted molar refractivity (Wildman–Crippen MR) is 78.1 cm³/mol. The number of carboxylic acid groups (broad SMARTS) is 1. The van der Waals surface area contributed by atoms with Crippen LogP contribution in [0.3, 0.4) is 0 Å². The lowest BCUT2D eigenvalue weighted by molar-refractivity contribution is -0.137. The van der Waals surface area contributed by atoms with Gasteiger partial charge < -0.3 is 14.4 Å². The molecule has 1 unspecified atom stereocenters. The molecule has 0 spiro atoms. The van der Waals surface area contributed by atoms with Crippen LogP contribution >= 0.6 is 7.29 Å². The van der Waals surface area contributed by atoms with Gasteiger partial charge in [0.15, 0.2) is 7.29 Å². The first-order valence-electron chi connectivity index (χ1n) is 6.51. The second-order valence-corrected chi connectivity index (χ2v) is 7.37. The number of allylic oxidation sites excluding steroid dienone is 1. The average molecular weight is 295 g/mol. The van der Waals surface area contributed by atoms with Crippen LogP contribution in [0.4, 0.5) is 0 Å². The molecule has 2 rings (SSSR count). The Morgan fingerprint density at radius 1 is 1.35 bits per heavy atom. The third-order valence-electron chi connectivity index (χ3n) is 3.16. The smallest absolute Gasteiger partial charge is 0.318 e. The van der Waals surface area contributed by atoms with Crippen molar-refractivity contribution in [3.63, 3.8) is 0 Å². The summed E-state index contributed by atoms with van der Waals surface area (Å²) < 4.78 is 20.0. The van der Waals surface area contributed by atoms with E-state index in [2.05, 4.69) is 0 Å². The van der Waals surface area contributed by atoms with Gasteiger partial charge in [-0.15, -0.1) is 0 Å². The molecule has 108 valence electrons. The molecular formula is C14H18NO4P. The second-order valence-electron chi connectivity index (χ2n) is 4.52. The largest absolute Gasteiger partial charge is 0.494 e. The van der Waals surface area contributed by atoms with E-state index in [1.807, 2.05) is 19.1 Å². The Morgan fingerprint density at radius 2 is 2.05 bits per heavy atom. The van der Waals surface area contributed by atoms with Crippen LogP contribution in [-0.2, 0) is 9.36 Å². The summed E-state index contributed by atoms with van der Waals surface area (Å²) in [6, 6.07) is 7.07. The Balaban J connectivity index is 2.28. The van der Waals surface area contributed by atoms with Gasteiger partial charge in [0.1, 0.15) is 12.3 Å². The summed E-state index contributed by atoms with van der Waals surface area (Å²) in [5, 5.41) is 9.62. The van der Waals surface area contributed by atoms with Crippen molar-refractivity contribution < 1.29 is 19.2 Å². The zero-order valence-electron chi connectivity index (χ0n) is 11.4. The van der Waals surface area contributed by atoms with Crippen LogP contribution in [0.2, 0.25) is 0 Å². The van der Waals surface area contributed by atoms with Crippen LogP contribution in [0, 0.1) is 0 Å². The zero-order chi connectivity index (χ0) is 14.6. The minimum atomic E-state index is -2.86. The van der Waals surface area contributed by atoms with E-state index < -0.39 is 13.3 Å². The molecule has 0 saturated carbocycles. The number of nitrogens with zero attached hydrogens (tertiary/aromatic N) is 1. The van der Waals surface area contributed by atoms with Crippen molar-refractivity contribution >= 4 is 18.6 Å². The molecule has 6 heteroatoms. The fraction of sp³-hybridized carbons (Fsp3) is 0.357. The number of hydrogen-bond acceptors (Lipinski definition) is 3. The van der Waals surface area contributed by atoms with Gasteiger partial charge in [-0.25, -0.2) is 4.67 Å². The minimum Gasteiger partial charge on any atom is -0.494 e. The Bertz CT molecular complexity index is 553. The highest BCUT2D eigenvalue weighted by atomic mass is 31.2. The van der Waals surface area contributed by atoms with E-state index in [4.69, 9.17) is 9.84 Å². The molecule has 1 aliphatic heterocycles. The van der Waals surface area contributed by atoms with Gasteiger partial charge in [-0.05, 0) is 31.2 Å². The van der Waals surface area contributed by atoms with Gasteiger partial charge in [-0.1, -0.05) is 12.2 Å². The van der Waals surface area contributed by atoms with E-state index in [0.29, 0.717) is 24.6 Å². The normalized spacial score (nSPS) is 22.6. The maximum absolute atomic E-state index is 13.1. The Labute approximate surface area is 118 Å². The highest BCUT2D eigenvalue weighted by Gasteiger charge is 2.34. The van der Waals surface area contributed by atoms with E-state index in [1.165, 1.54) is 0 Å². The number of ether oxygens (including phenoxy) is 1. The topological polar surface area (TPSA) is 66.8 Å². The first-order valence-corrected chi connectivity index (χ1v) is 8.35. The van der Waals surface area contributed by atoms with Gasteiger partial charge in [0.2, 0.25) is 0 Å². The summed E-state index contributed by atoms with van der Waals surface area (Å²) in [7, 11) is -2.86. The van der Waals surface area contributed by atoms with Gasteiger partial charge in [0, 0.05) is 18.0 Å². The van der Waals surface area contributed by atoms with Gasteiger partial charge in [-0.3, -0.25) is 4.79 Å². The Kier molecular flexibility index (Phi) is 4.63. The van der Waals surface area contributed by atoms with Crippen LogP contribution in [0.15, 0.2) is 36.4 Å². The molecule has 1 atom stereocenters. The molecule has 0 aliphatic carbocycles. The molecule has 0 fully saturated rings. The molecule has 1 N–H and O–H groups in total. The Hall–Kier alpha value is -1.58. The molecule has 20 heavy (non-hydrogen) atoms. The summed E-state index contributed by atoms with van der Waals surface area (Å²) in [5.74, 6) is -0.244. The number of carboxylic acids is 1. The standard InChI is InChI=1S/C14H18NO4P/c1-2-19-12-5-7-13(8-6-12)20(18)10-4-3-9-15(20)11-14(16)17/h3-8H,2,9-11H2,1H3,(H,16,17). The number of benzene rings is 1. The van der Waals surface area contributed by atoms with E-state index in [9.17, 15) is 9.36 Å². The van der Waals surface area contributed by atoms with Crippen molar-refractivity contribution in [2.75, 3.05) is 25.9 Å². The molecular weight excluding hydrogens is 277 g/mol. The molecule has 5 nitrogen and oxygen atoms in total. The number of aliphatic carboxylic acids is 1.